The summed E-state index contributed by atoms with van der Waals surface area (Å²) < 4.78 is 19.1. The number of hydrazone groups is 1. The third-order valence-electron chi connectivity index (χ3n) is 7.22. The average Bonchev–Trinajstić information content (AvgIpc) is 3.60. The SMILES string of the molecule is COc1cc(COc2c(Br)cc(/C=N/NC(=O)c3ccc(-c4csc(Nc5ccccc5)n4)cc3)cc2Br)ccc1OCc1ccccc1. The molecule has 0 fully saturated rings. The lowest BCUT2D eigenvalue weighted by atomic mass is 10.1. The van der Waals surface area contributed by atoms with Crippen LogP contribution in [0.15, 0.2) is 135 Å². The molecule has 1 aromatic heterocycles. The van der Waals surface area contributed by atoms with Crippen molar-refractivity contribution in [3.63, 3.8) is 0 Å². The molecule has 0 aliphatic carbocycles. The third-order valence-corrected chi connectivity index (χ3v) is 9.16. The van der Waals surface area contributed by atoms with Crippen molar-refractivity contribution in [2.24, 2.45) is 5.10 Å². The predicted octanol–water partition coefficient (Wildman–Crippen LogP) is 10.0. The Balaban J connectivity index is 1.01. The van der Waals surface area contributed by atoms with Gasteiger partial charge in [-0.05, 0) is 97.1 Å². The Morgan fingerprint density at radius 2 is 1.51 bits per heavy atom. The van der Waals surface area contributed by atoms with Gasteiger partial charge < -0.3 is 19.5 Å². The van der Waals surface area contributed by atoms with Gasteiger partial charge in [0.2, 0.25) is 0 Å². The van der Waals surface area contributed by atoms with Crippen LogP contribution in [0.5, 0.6) is 17.2 Å². The van der Waals surface area contributed by atoms with Gasteiger partial charge in [-0.2, -0.15) is 5.10 Å². The molecule has 8 nitrogen and oxygen atoms in total. The van der Waals surface area contributed by atoms with E-state index in [0.29, 0.717) is 36.0 Å². The number of carbonyl (C=O) groups excluding carboxylic acids is 1. The summed E-state index contributed by atoms with van der Waals surface area (Å²) in [6, 6.07) is 36.6. The number of amides is 1. The Hall–Kier alpha value is -4.97. The van der Waals surface area contributed by atoms with E-state index in [9.17, 15) is 4.79 Å². The van der Waals surface area contributed by atoms with Crippen molar-refractivity contribution in [1.82, 2.24) is 10.4 Å². The van der Waals surface area contributed by atoms with Crippen LogP contribution >= 0.6 is 43.2 Å². The number of nitrogens with one attached hydrogen (secondary N) is 2. The van der Waals surface area contributed by atoms with E-state index in [1.54, 1.807) is 25.5 Å². The number of benzene rings is 5. The first-order valence-corrected chi connectivity index (χ1v) is 17.6. The summed E-state index contributed by atoms with van der Waals surface area (Å²) in [4.78, 5) is 17.4. The van der Waals surface area contributed by atoms with Crippen molar-refractivity contribution in [1.29, 1.82) is 0 Å². The lowest BCUT2D eigenvalue weighted by Crippen LogP contribution is -2.17. The van der Waals surface area contributed by atoms with Crippen LogP contribution in [0.4, 0.5) is 10.8 Å². The molecular weight excluding hydrogens is 768 g/mol. The molecule has 0 saturated heterocycles. The molecule has 0 unspecified atom stereocenters. The second kappa shape index (κ2) is 16.4. The smallest absolute Gasteiger partial charge is 0.271 e. The number of anilines is 2. The van der Waals surface area contributed by atoms with Crippen LogP contribution in [-0.4, -0.2) is 24.2 Å². The standard InChI is InChI=1S/C38H30Br2N4O4S/c1-46-35-20-26(12-17-34(35)47-22-25-8-4-2-5-9-25)23-48-36-31(39)18-27(19-32(36)40)21-41-44-37(45)29-15-13-28(14-16-29)33-24-49-38(43-33)42-30-10-6-3-7-11-30/h2-21,24H,22-23H2,1H3,(H,42,43)(H,44,45)/b41-21+. The number of halogens is 2. The molecule has 0 atom stereocenters. The Morgan fingerprint density at radius 1 is 0.816 bits per heavy atom. The Kier molecular flexibility index (Phi) is 11.4. The first-order chi connectivity index (χ1) is 23.9. The minimum Gasteiger partial charge on any atom is -0.493 e. The summed E-state index contributed by atoms with van der Waals surface area (Å²) in [6.07, 6.45) is 1.57. The van der Waals surface area contributed by atoms with Gasteiger partial charge in [0.25, 0.3) is 5.91 Å². The van der Waals surface area contributed by atoms with E-state index < -0.39 is 0 Å². The topological polar surface area (TPSA) is 94.1 Å². The van der Waals surface area contributed by atoms with E-state index in [2.05, 4.69) is 52.7 Å². The Labute approximate surface area is 305 Å². The van der Waals surface area contributed by atoms with E-state index in [0.717, 1.165) is 47.7 Å². The van der Waals surface area contributed by atoms with Gasteiger partial charge in [-0.3, -0.25) is 4.79 Å². The number of rotatable bonds is 13. The lowest BCUT2D eigenvalue weighted by molar-refractivity contribution is 0.0955. The van der Waals surface area contributed by atoms with Crippen molar-refractivity contribution >= 4 is 66.1 Å². The van der Waals surface area contributed by atoms with Crippen molar-refractivity contribution in [3.05, 3.63) is 152 Å². The molecule has 11 heteroatoms. The highest BCUT2D eigenvalue weighted by molar-refractivity contribution is 9.11. The van der Waals surface area contributed by atoms with Crippen LogP contribution in [0.3, 0.4) is 0 Å². The Bertz CT molecular complexity index is 2030. The van der Waals surface area contributed by atoms with Crippen LogP contribution in [0.25, 0.3) is 11.3 Å². The molecule has 49 heavy (non-hydrogen) atoms. The molecule has 0 bridgehead atoms. The zero-order chi connectivity index (χ0) is 34.0. The zero-order valence-corrected chi connectivity index (χ0v) is 30.2. The highest BCUT2D eigenvalue weighted by atomic mass is 79.9. The van der Waals surface area contributed by atoms with Crippen molar-refractivity contribution < 1.29 is 19.0 Å². The Morgan fingerprint density at radius 3 is 2.22 bits per heavy atom. The quantitative estimate of drug-likeness (QED) is 0.0893. The van der Waals surface area contributed by atoms with Gasteiger partial charge in [-0.15, -0.1) is 11.3 Å². The molecule has 246 valence electrons. The van der Waals surface area contributed by atoms with Crippen molar-refractivity contribution in [3.8, 4) is 28.5 Å². The molecule has 0 radical (unpaired) electrons. The fraction of sp³-hybridized carbons (Fsp3) is 0.0789. The number of thiazole rings is 1. The van der Waals surface area contributed by atoms with Crippen LogP contribution in [-0.2, 0) is 13.2 Å². The predicted molar refractivity (Wildman–Crippen MR) is 202 cm³/mol. The summed E-state index contributed by atoms with van der Waals surface area (Å²) in [5.74, 6) is 1.60. The van der Waals surface area contributed by atoms with E-state index in [-0.39, 0.29) is 5.91 Å². The van der Waals surface area contributed by atoms with Gasteiger partial charge in [-0.1, -0.05) is 66.7 Å². The van der Waals surface area contributed by atoms with Crippen molar-refractivity contribution in [2.45, 2.75) is 13.2 Å². The molecule has 0 aliphatic heterocycles. The molecule has 1 heterocycles. The third kappa shape index (κ3) is 9.14. The monoisotopic (exact) mass is 796 g/mol. The second-order valence-corrected chi connectivity index (χ2v) is 13.2. The minimum absolute atomic E-state index is 0.309. The molecule has 6 aromatic rings. The molecular formula is C38H30Br2N4O4S. The van der Waals surface area contributed by atoms with Crippen LogP contribution in [0, 0.1) is 0 Å². The van der Waals surface area contributed by atoms with E-state index >= 15 is 0 Å². The molecule has 0 saturated carbocycles. The number of carbonyl (C=O) groups is 1. The number of hydrogen-bond acceptors (Lipinski definition) is 8. The number of nitrogens with zero attached hydrogens (tertiary/aromatic N) is 2. The van der Waals surface area contributed by atoms with E-state index in [1.807, 2.05) is 109 Å². The van der Waals surface area contributed by atoms with Gasteiger partial charge in [0.15, 0.2) is 16.6 Å². The summed E-state index contributed by atoms with van der Waals surface area (Å²) in [7, 11) is 1.62. The largest absolute Gasteiger partial charge is 0.493 e. The maximum Gasteiger partial charge on any atom is 0.271 e. The van der Waals surface area contributed by atoms with Crippen LogP contribution in [0.2, 0.25) is 0 Å². The fourth-order valence-corrected chi connectivity index (χ4v) is 6.93. The normalized spacial score (nSPS) is 10.9. The summed E-state index contributed by atoms with van der Waals surface area (Å²) in [5, 5.41) is 10.2. The molecule has 0 aliphatic rings. The van der Waals surface area contributed by atoms with Gasteiger partial charge in [0.05, 0.1) is 28.0 Å². The summed E-state index contributed by atoms with van der Waals surface area (Å²) >= 11 is 8.72. The summed E-state index contributed by atoms with van der Waals surface area (Å²) in [6.45, 7) is 0.755. The van der Waals surface area contributed by atoms with Crippen LogP contribution < -0.4 is 25.0 Å². The molecule has 0 spiro atoms. The van der Waals surface area contributed by atoms with Crippen molar-refractivity contribution in [2.75, 3.05) is 12.4 Å². The highest BCUT2D eigenvalue weighted by Crippen LogP contribution is 2.36. The first kappa shape index (κ1) is 33.9. The lowest BCUT2D eigenvalue weighted by Gasteiger charge is -2.14. The molecule has 6 rings (SSSR count). The maximum atomic E-state index is 12.8. The number of aromatic nitrogens is 1. The van der Waals surface area contributed by atoms with Gasteiger partial charge >= 0.3 is 0 Å². The van der Waals surface area contributed by atoms with Gasteiger partial charge in [0, 0.05) is 22.2 Å². The van der Waals surface area contributed by atoms with E-state index in [1.165, 1.54) is 11.3 Å². The second-order valence-electron chi connectivity index (χ2n) is 10.7. The maximum absolute atomic E-state index is 12.8. The highest BCUT2D eigenvalue weighted by Gasteiger charge is 2.12. The average molecular weight is 799 g/mol. The van der Waals surface area contributed by atoms with Gasteiger partial charge in [0.1, 0.15) is 19.0 Å². The van der Waals surface area contributed by atoms with Gasteiger partial charge in [-0.25, -0.2) is 10.4 Å². The fourth-order valence-electron chi connectivity index (χ4n) is 4.73. The molecule has 1 amide bonds. The molecule has 2 N–H and O–H groups in total. The van der Waals surface area contributed by atoms with E-state index in [4.69, 9.17) is 14.2 Å². The first-order valence-electron chi connectivity index (χ1n) is 15.1. The summed E-state index contributed by atoms with van der Waals surface area (Å²) in [5.41, 5.74) is 8.55. The number of methoxy groups -OCH3 is 1. The number of hydrogen-bond donors (Lipinski definition) is 2. The van der Waals surface area contributed by atoms with Crippen LogP contribution in [0.1, 0.15) is 27.0 Å². The zero-order valence-electron chi connectivity index (χ0n) is 26.2. The number of para-hydroxylation sites is 1. The minimum atomic E-state index is -0.322. The molecule has 5 aromatic carbocycles. The number of ether oxygens (including phenoxy) is 3.